The fourth-order valence-corrected chi connectivity index (χ4v) is 3.07. The Morgan fingerprint density at radius 3 is 2.94 bits per heavy atom. The van der Waals surface area contributed by atoms with Crippen molar-refractivity contribution in [3.63, 3.8) is 0 Å². The molecule has 0 bridgehead atoms. The third-order valence-electron chi connectivity index (χ3n) is 4.07. The highest BCUT2D eigenvalue weighted by atomic mass is 16.5. The van der Waals surface area contributed by atoms with E-state index < -0.39 is 0 Å². The molecule has 0 amide bonds. The molecule has 0 aromatic carbocycles. The molecule has 2 fully saturated rings. The van der Waals surface area contributed by atoms with Crippen LogP contribution in [0.5, 0.6) is 0 Å². The van der Waals surface area contributed by atoms with Gasteiger partial charge in [0.2, 0.25) is 0 Å². The molecule has 0 aromatic heterocycles. The van der Waals surface area contributed by atoms with Gasteiger partial charge in [0.05, 0.1) is 19.8 Å². The first kappa shape index (κ1) is 13.3. The lowest BCUT2D eigenvalue weighted by Crippen LogP contribution is -2.59. The maximum atomic E-state index is 8.66. The SMILES string of the molecule is CC1CN2CCCCC2CN1CCOCCO. The van der Waals surface area contributed by atoms with Gasteiger partial charge in [-0.1, -0.05) is 6.42 Å². The molecule has 2 aliphatic rings. The number of hydrogen-bond donors (Lipinski definition) is 1. The van der Waals surface area contributed by atoms with E-state index in [1.807, 2.05) is 0 Å². The summed E-state index contributed by atoms with van der Waals surface area (Å²) in [5, 5.41) is 8.66. The van der Waals surface area contributed by atoms with Crippen molar-refractivity contribution in [2.45, 2.75) is 38.3 Å². The van der Waals surface area contributed by atoms with Crippen LogP contribution in [0.25, 0.3) is 0 Å². The molecular weight excluding hydrogens is 216 g/mol. The zero-order chi connectivity index (χ0) is 12.1. The maximum absolute atomic E-state index is 8.66. The van der Waals surface area contributed by atoms with Crippen LogP contribution in [0.1, 0.15) is 26.2 Å². The minimum atomic E-state index is 0.131. The first-order chi connectivity index (χ1) is 8.31. The molecule has 100 valence electrons. The Bertz CT molecular complexity index is 225. The van der Waals surface area contributed by atoms with E-state index in [2.05, 4.69) is 16.7 Å². The molecule has 0 radical (unpaired) electrons. The number of fused-ring (bicyclic) bond motifs is 1. The zero-order valence-corrected chi connectivity index (χ0v) is 11.0. The molecule has 0 spiro atoms. The van der Waals surface area contributed by atoms with Gasteiger partial charge in [-0.2, -0.15) is 0 Å². The normalized spacial score (nSPS) is 31.4. The fraction of sp³-hybridized carbons (Fsp3) is 1.00. The number of aliphatic hydroxyl groups is 1. The van der Waals surface area contributed by atoms with Crippen LogP contribution in [-0.2, 0) is 4.74 Å². The summed E-state index contributed by atoms with van der Waals surface area (Å²) in [5.74, 6) is 0. The molecule has 2 rings (SSSR count). The number of ether oxygens (including phenoxy) is 1. The van der Waals surface area contributed by atoms with Crippen LogP contribution in [0.3, 0.4) is 0 Å². The first-order valence-electron chi connectivity index (χ1n) is 6.98. The van der Waals surface area contributed by atoms with Crippen LogP contribution < -0.4 is 0 Å². The Balaban J connectivity index is 1.74. The summed E-state index contributed by atoms with van der Waals surface area (Å²) in [4.78, 5) is 5.21. The van der Waals surface area contributed by atoms with Gasteiger partial charge >= 0.3 is 0 Å². The standard InChI is InChI=1S/C13H26N2O2/c1-12-10-15-5-3-2-4-13(15)11-14(12)6-8-17-9-7-16/h12-13,16H,2-11H2,1H3. The largest absolute Gasteiger partial charge is 0.394 e. The lowest BCUT2D eigenvalue weighted by molar-refractivity contribution is -0.00385. The zero-order valence-electron chi connectivity index (χ0n) is 11.0. The Morgan fingerprint density at radius 2 is 2.12 bits per heavy atom. The summed E-state index contributed by atoms with van der Waals surface area (Å²) < 4.78 is 5.36. The Kier molecular flexibility index (Phi) is 5.22. The van der Waals surface area contributed by atoms with Crippen LogP contribution in [0.15, 0.2) is 0 Å². The Labute approximate surface area is 105 Å². The highest BCUT2D eigenvalue weighted by Crippen LogP contribution is 2.23. The number of aliphatic hydroxyl groups excluding tert-OH is 1. The van der Waals surface area contributed by atoms with Crippen LogP contribution in [0.2, 0.25) is 0 Å². The van der Waals surface area contributed by atoms with Gasteiger partial charge in [0.15, 0.2) is 0 Å². The molecule has 1 N–H and O–H groups in total. The lowest BCUT2D eigenvalue weighted by atomic mass is 9.97. The number of nitrogens with zero attached hydrogens (tertiary/aromatic N) is 2. The van der Waals surface area contributed by atoms with Crippen LogP contribution >= 0.6 is 0 Å². The maximum Gasteiger partial charge on any atom is 0.0698 e. The molecule has 2 aliphatic heterocycles. The molecule has 2 atom stereocenters. The molecule has 0 aromatic rings. The molecule has 2 saturated heterocycles. The fourth-order valence-electron chi connectivity index (χ4n) is 3.07. The lowest BCUT2D eigenvalue weighted by Gasteiger charge is -2.47. The van der Waals surface area contributed by atoms with E-state index in [-0.39, 0.29) is 6.61 Å². The molecule has 2 unspecified atom stereocenters. The van der Waals surface area contributed by atoms with E-state index >= 15 is 0 Å². The van der Waals surface area contributed by atoms with Crippen LogP contribution in [0, 0.1) is 0 Å². The van der Waals surface area contributed by atoms with Crippen molar-refractivity contribution >= 4 is 0 Å². The van der Waals surface area contributed by atoms with E-state index in [9.17, 15) is 0 Å². The molecule has 2 heterocycles. The van der Waals surface area contributed by atoms with Gasteiger partial charge < -0.3 is 9.84 Å². The highest BCUT2D eigenvalue weighted by Gasteiger charge is 2.32. The summed E-state index contributed by atoms with van der Waals surface area (Å²) >= 11 is 0. The topological polar surface area (TPSA) is 35.9 Å². The average Bonchev–Trinajstić information content (AvgIpc) is 2.35. The number of piperazine rings is 1. The molecule has 0 aliphatic carbocycles. The third-order valence-corrected chi connectivity index (χ3v) is 4.07. The van der Waals surface area contributed by atoms with Gasteiger partial charge in [-0.05, 0) is 26.3 Å². The van der Waals surface area contributed by atoms with Gasteiger partial charge in [0, 0.05) is 31.7 Å². The van der Waals surface area contributed by atoms with Crippen LogP contribution in [-0.4, -0.2) is 73.0 Å². The monoisotopic (exact) mass is 242 g/mol. The predicted octanol–water partition coefficient (Wildman–Crippen LogP) is 0.554. The minimum absolute atomic E-state index is 0.131. The van der Waals surface area contributed by atoms with Gasteiger partial charge in [0.25, 0.3) is 0 Å². The van der Waals surface area contributed by atoms with Crippen molar-refractivity contribution in [1.29, 1.82) is 0 Å². The van der Waals surface area contributed by atoms with Gasteiger partial charge in [-0.25, -0.2) is 0 Å². The second-order valence-electron chi connectivity index (χ2n) is 5.32. The van der Waals surface area contributed by atoms with Crippen molar-refractivity contribution in [2.75, 3.05) is 46.0 Å². The van der Waals surface area contributed by atoms with Crippen molar-refractivity contribution in [1.82, 2.24) is 9.80 Å². The average molecular weight is 242 g/mol. The van der Waals surface area contributed by atoms with Gasteiger partial charge in [-0.15, -0.1) is 0 Å². The molecular formula is C13H26N2O2. The van der Waals surface area contributed by atoms with E-state index in [0.717, 1.165) is 19.2 Å². The van der Waals surface area contributed by atoms with E-state index in [4.69, 9.17) is 9.84 Å². The molecule has 4 nitrogen and oxygen atoms in total. The van der Waals surface area contributed by atoms with Crippen molar-refractivity contribution in [3.05, 3.63) is 0 Å². The first-order valence-corrected chi connectivity index (χ1v) is 6.98. The van der Waals surface area contributed by atoms with E-state index in [0.29, 0.717) is 12.6 Å². The van der Waals surface area contributed by atoms with E-state index in [1.165, 1.54) is 38.9 Å². The Hall–Kier alpha value is -0.160. The summed E-state index contributed by atoms with van der Waals surface area (Å²) in [6, 6.07) is 1.42. The number of rotatable bonds is 5. The smallest absolute Gasteiger partial charge is 0.0698 e. The second kappa shape index (κ2) is 6.69. The second-order valence-corrected chi connectivity index (χ2v) is 5.32. The van der Waals surface area contributed by atoms with Gasteiger partial charge in [0.1, 0.15) is 0 Å². The van der Waals surface area contributed by atoms with Gasteiger partial charge in [-0.3, -0.25) is 9.80 Å². The predicted molar refractivity (Wildman–Crippen MR) is 68.2 cm³/mol. The highest BCUT2D eigenvalue weighted by molar-refractivity contribution is 4.88. The van der Waals surface area contributed by atoms with Crippen LogP contribution in [0.4, 0.5) is 0 Å². The summed E-state index contributed by atoms with van der Waals surface area (Å²) in [7, 11) is 0. The third kappa shape index (κ3) is 3.65. The number of piperidine rings is 1. The Morgan fingerprint density at radius 1 is 1.24 bits per heavy atom. The summed E-state index contributed by atoms with van der Waals surface area (Å²) in [6.07, 6.45) is 4.13. The summed E-state index contributed by atoms with van der Waals surface area (Å²) in [6.45, 7) is 8.38. The minimum Gasteiger partial charge on any atom is -0.394 e. The summed E-state index contributed by atoms with van der Waals surface area (Å²) in [5.41, 5.74) is 0. The molecule has 0 saturated carbocycles. The molecule has 17 heavy (non-hydrogen) atoms. The van der Waals surface area contributed by atoms with Crippen molar-refractivity contribution in [3.8, 4) is 0 Å². The molecule has 4 heteroatoms. The number of hydrogen-bond acceptors (Lipinski definition) is 4. The van der Waals surface area contributed by atoms with E-state index in [1.54, 1.807) is 0 Å². The quantitative estimate of drug-likeness (QED) is 0.714. The van der Waals surface area contributed by atoms with Crippen molar-refractivity contribution in [2.24, 2.45) is 0 Å². The van der Waals surface area contributed by atoms with Crippen molar-refractivity contribution < 1.29 is 9.84 Å².